The van der Waals surface area contributed by atoms with E-state index in [1.165, 1.54) is 0 Å². The van der Waals surface area contributed by atoms with Gasteiger partial charge < -0.3 is 15.5 Å². The average molecular weight is 451 g/mol. The molecule has 0 unspecified atom stereocenters. The van der Waals surface area contributed by atoms with Crippen LogP contribution in [0.15, 0.2) is 42.7 Å². The van der Waals surface area contributed by atoms with Crippen LogP contribution in [-0.4, -0.2) is 32.1 Å². The quantitative estimate of drug-likeness (QED) is 0.567. The highest BCUT2D eigenvalue weighted by Gasteiger charge is 2.40. The molecular weight excluding hydrogens is 423 g/mol. The number of hydrogen-bond donors (Lipinski definition) is 2. The van der Waals surface area contributed by atoms with Crippen molar-refractivity contribution in [2.24, 2.45) is 0 Å². The van der Waals surface area contributed by atoms with Crippen molar-refractivity contribution in [3.05, 3.63) is 58.3 Å². The lowest BCUT2D eigenvalue weighted by Gasteiger charge is -2.50. The zero-order chi connectivity index (χ0) is 21.2. The number of piperidine rings is 1. The second-order valence-corrected chi connectivity index (χ2v) is 10.2. The Labute approximate surface area is 189 Å². The van der Waals surface area contributed by atoms with E-state index < -0.39 is 0 Å². The molecular formula is C22H28Cl2N4S. The molecule has 156 valence electrons. The van der Waals surface area contributed by atoms with Crippen molar-refractivity contribution in [2.75, 3.05) is 5.32 Å². The molecule has 3 rings (SSSR count). The molecule has 0 saturated carbocycles. The Hall–Kier alpha value is -1.40. The van der Waals surface area contributed by atoms with Crippen molar-refractivity contribution < 1.29 is 0 Å². The lowest BCUT2D eigenvalue weighted by Crippen LogP contribution is -2.63. The van der Waals surface area contributed by atoms with Gasteiger partial charge >= 0.3 is 0 Å². The normalized spacial score (nSPS) is 18.3. The molecule has 7 heteroatoms. The molecule has 0 atom stereocenters. The van der Waals surface area contributed by atoms with Crippen molar-refractivity contribution in [3.63, 3.8) is 0 Å². The van der Waals surface area contributed by atoms with E-state index in [1.807, 2.05) is 12.3 Å². The maximum Gasteiger partial charge on any atom is 0.174 e. The first-order chi connectivity index (χ1) is 13.5. The summed E-state index contributed by atoms with van der Waals surface area (Å²) in [6.07, 6.45) is 5.62. The van der Waals surface area contributed by atoms with Gasteiger partial charge in [-0.15, -0.1) is 0 Å². The zero-order valence-corrected chi connectivity index (χ0v) is 19.6. The number of pyridine rings is 1. The minimum atomic E-state index is 0.00289. The Balaban J connectivity index is 1.90. The summed E-state index contributed by atoms with van der Waals surface area (Å²) in [5, 5.41) is 8.90. The largest absolute Gasteiger partial charge is 0.342 e. The van der Waals surface area contributed by atoms with Crippen LogP contribution in [0.3, 0.4) is 0 Å². The third-order valence-electron chi connectivity index (χ3n) is 5.12. The van der Waals surface area contributed by atoms with Crippen LogP contribution in [0.4, 0.5) is 5.69 Å². The third-order valence-corrected chi connectivity index (χ3v) is 6.02. The highest BCUT2D eigenvalue weighted by atomic mass is 35.5. The highest BCUT2D eigenvalue weighted by Crippen LogP contribution is 2.33. The first kappa shape index (κ1) is 22.3. The predicted molar refractivity (Wildman–Crippen MR) is 127 cm³/mol. The van der Waals surface area contributed by atoms with Gasteiger partial charge in [-0.1, -0.05) is 29.3 Å². The number of hydrogen-bond acceptors (Lipinski definition) is 3. The van der Waals surface area contributed by atoms with Gasteiger partial charge in [0, 0.05) is 41.1 Å². The van der Waals surface area contributed by atoms with Crippen molar-refractivity contribution in [1.29, 1.82) is 0 Å². The van der Waals surface area contributed by atoms with E-state index in [4.69, 9.17) is 35.4 Å². The standard InChI is InChI=1S/C22H28Cl2N4S/c1-21(2)11-17(12-22(3,4)27-21)28(14-15-6-5-9-25-13-15)20(29)26-19-10-16(23)7-8-18(19)24/h5-10,13,17,27H,11-12,14H2,1-4H3,(H,26,29). The van der Waals surface area contributed by atoms with Crippen molar-refractivity contribution in [1.82, 2.24) is 15.2 Å². The van der Waals surface area contributed by atoms with Gasteiger partial charge in [0.2, 0.25) is 0 Å². The second-order valence-electron chi connectivity index (χ2n) is 9.00. The molecule has 0 radical (unpaired) electrons. The summed E-state index contributed by atoms with van der Waals surface area (Å²) >= 11 is 18.4. The number of anilines is 1. The maximum absolute atomic E-state index is 6.36. The Morgan fingerprint density at radius 1 is 1.21 bits per heavy atom. The molecule has 1 saturated heterocycles. The highest BCUT2D eigenvalue weighted by molar-refractivity contribution is 7.80. The van der Waals surface area contributed by atoms with Gasteiger partial charge in [-0.2, -0.15) is 0 Å². The minimum Gasteiger partial charge on any atom is -0.342 e. The number of benzene rings is 1. The fourth-order valence-electron chi connectivity index (χ4n) is 4.32. The fraction of sp³-hybridized carbons (Fsp3) is 0.455. The predicted octanol–water partition coefficient (Wildman–Crippen LogP) is 5.90. The smallest absolute Gasteiger partial charge is 0.174 e. The van der Waals surface area contributed by atoms with Crippen LogP contribution < -0.4 is 10.6 Å². The van der Waals surface area contributed by atoms with Gasteiger partial charge in [0.1, 0.15) is 0 Å². The van der Waals surface area contributed by atoms with Crippen LogP contribution in [0.25, 0.3) is 0 Å². The summed E-state index contributed by atoms with van der Waals surface area (Å²) in [6.45, 7) is 9.65. The number of aromatic nitrogens is 1. The molecule has 1 aliphatic rings. The molecule has 0 bridgehead atoms. The van der Waals surface area contributed by atoms with Gasteiger partial charge in [-0.25, -0.2) is 0 Å². The molecule has 1 aromatic heterocycles. The number of rotatable bonds is 4. The zero-order valence-electron chi connectivity index (χ0n) is 17.3. The summed E-state index contributed by atoms with van der Waals surface area (Å²) in [5.74, 6) is 0. The van der Waals surface area contributed by atoms with Crippen LogP contribution in [0, 0.1) is 0 Å². The van der Waals surface area contributed by atoms with Crippen LogP contribution in [0.1, 0.15) is 46.1 Å². The summed E-state index contributed by atoms with van der Waals surface area (Å²) < 4.78 is 0. The Morgan fingerprint density at radius 2 is 1.90 bits per heavy atom. The Kier molecular flexibility index (Phi) is 6.74. The topological polar surface area (TPSA) is 40.2 Å². The molecule has 4 nitrogen and oxygen atoms in total. The molecule has 29 heavy (non-hydrogen) atoms. The van der Waals surface area contributed by atoms with Crippen molar-refractivity contribution in [3.8, 4) is 0 Å². The molecule has 2 aromatic rings. The van der Waals surface area contributed by atoms with Crippen molar-refractivity contribution >= 4 is 46.2 Å². The van der Waals surface area contributed by atoms with E-state index in [-0.39, 0.29) is 17.1 Å². The van der Waals surface area contributed by atoms with E-state index in [0.29, 0.717) is 27.4 Å². The van der Waals surface area contributed by atoms with Gasteiger partial charge in [0.15, 0.2) is 5.11 Å². The number of nitrogens with one attached hydrogen (secondary N) is 2. The molecule has 0 amide bonds. The van der Waals surface area contributed by atoms with E-state index in [1.54, 1.807) is 24.4 Å². The van der Waals surface area contributed by atoms with Gasteiger partial charge in [-0.3, -0.25) is 4.98 Å². The Morgan fingerprint density at radius 3 is 2.52 bits per heavy atom. The van der Waals surface area contributed by atoms with E-state index in [2.05, 4.69) is 54.3 Å². The third kappa shape index (κ3) is 6.05. The Bertz CT molecular complexity index is 854. The molecule has 1 aliphatic heterocycles. The number of thiocarbonyl (C=S) groups is 1. The average Bonchev–Trinajstić information content (AvgIpc) is 2.61. The summed E-state index contributed by atoms with van der Waals surface area (Å²) in [7, 11) is 0. The molecule has 0 aliphatic carbocycles. The minimum absolute atomic E-state index is 0.00289. The van der Waals surface area contributed by atoms with Crippen LogP contribution >= 0.6 is 35.4 Å². The lowest BCUT2D eigenvalue weighted by atomic mass is 9.79. The van der Waals surface area contributed by atoms with Gasteiger partial charge in [0.05, 0.1) is 10.7 Å². The lowest BCUT2D eigenvalue weighted by molar-refractivity contribution is 0.101. The van der Waals surface area contributed by atoms with Crippen LogP contribution in [0.5, 0.6) is 0 Å². The second kappa shape index (κ2) is 8.76. The first-order valence-electron chi connectivity index (χ1n) is 9.76. The monoisotopic (exact) mass is 450 g/mol. The number of halogens is 2. The summed E-state index contributed by atoms with van der Waals surface area (Å²) in [4.78, 5) is 6.53. The SMILES string of the molecule is CC1(C)CC(N(Cc2cccnc2)C(=S)Nc2cc(Cl)ccc2Cl)CC(C)(C)N1. The van der Waals surface area contributed by atoms with E-state index >= 15 is 0 Å². The van der Waals surface area contributed by atoms with E-state index in [0.717, 1.165) is 18.4 Å². The summed E-state index contributed by atoms with van der Waals surface area (Å²) in [5.41, 5.74) is 1.84. The maximum atomic E-state index is 6.36. The molecule has 1 aromatic carbocycles. The van der Waals surface area contributed by atoms with Gasteiger partial charge in [-0.05, 0) is 82.6 Å². The van der Waals surface area contributed by atoms with E-state index in [9.17, 15) is 0 Å². The fourth-order valence-corrected chi connectivity index (χ4v) is 4.98. The van der Waals surface area contributed by atoms with Crippen LogP contribution in [0.2, 0.25) is 10.0 Å². The van der Waals surface area contributed by atoms with Crippen molar-refractivity contribution in [2.45, 2.75) is 64.2 Å². The number of nitrogens with zero attached hydrogens (tertiary/aromatic N) is 2. The molecule has 2 heterocycles. The van der Waals surface area contributed by atoms with Gasteiger partial charge in [0.25, 0.3) is 0 Å². The molecule has 2 N–H and O–H groups in total. The first-order valence-corrected chi connectivity index (χ1v) is 10.9. The molecule has 1 fully saturated rings. The van der Waals surface area contributed by atoms with Crippen LogP contribution in [-0.2, 0) is 6.54 Å². The molecule has 0 spiro atoms. The summed E-state index contributed by atoms with van der Waals surface area (Å²) in [6, 6.07) is 9.63.